The van der Waals surface area contributed by atoms with Crippen LogP contribution in [0.4, 0.5) is 18.9 Å². The highest BCUT2D eigenvalue weighted by Crippen LogP contribution is 2.58. The number of allylic oxidation sites excluding steroid dienone is 7. The first kappa shape index (κ1) is 31.7. The molecule has 2 aromatic carbocycles. The third kappa shape index (κ3) is 4.32. The zero-order valence-electron chi connectivity index (χ0n) is 23.9. The van der Waals surface area contributed by atoms with E-state index in [2.05, 4.69) is 24.4 Å². The quantitative estimate of drug-likeness (QED) is 0.162. The molecule has 0 N–H and O–H groups in total. The molecule has 5 rings (SSSR count). The van der Waals surface area contributed by atoms with E-state index in [1.54, 1.807) is 24.3 Å². The number of fused-ring (bicyclic) bond motifs is 2. The van der Waals surface area contributed by atoms with Crippen molar-refractivity contribution in [3.05, 3.63) is 149 Å². The van der Waals surface area contributed by atoms with Crippen molar-refractivity contribution in [3.63, 3.8) is 0 Å². The van der Waals surface area contributed by atoms with Gasteiger partial charge in [-0.25, -0.2) is 43.7 Å². The lowest BCUT2D eigenvalue weighted by atomic mass is 9.84. The molecule has 3 aromatic rings. The molecule has 0 saturated heterocycles. The lowest BCUT2D eigenvalue weighted by Gasteiger charge is -2.17. The standard InChI is InChI=1S/C35H4F3N11/c1-45-23-8-21(36)17(7-22(23)37)30-33(25(14-44)47-3)29-19(11-41)27-18(10-40)26(16-6-5-15(9-39)49-35(16)38)32(24(13-43)46-2)28(27)20(12-42)31(29)34(30)48-4/h5-8H/b32-24-,33-25-. The van der Waals surface area contributed by atoms with Gasteiger partial charge >= 0.3 is 0 Å². The fourth-order valence-corrected chi connectivity index (χ4v) is 5.70. The zero-order valence-corrected chi connectivity index (χ0v) is 23.9. The summed E-state index contributed by atoms with van der Waals surface area (Å²) in [6.45, 7) is 30.5. The number of pyridine rings is 1. The molecule has 14 heteroatoms. The van der Waals surface area contributed by atoms with Crippen molar-refractivity contribution in [2.75, 3.05) is 0 Å². The van der Waals surface area contributed by atoms with Gasteiger partial charge in [-0.15, -0.1) is 0 Å². The second-order valence-electron chi connectivity index (χ2n) is 9.61. The Balaban J connectivity index is 2.12. The molecule has 0 atom stereocenters. The number of hydrogen-bond donors (Lipinski definition) is 0. The average molecular weight is 635 g/mol. The van der Waals surface area contributed by atoms with Crippen molar-refractivity contribution in [3.8, 4) is 36.4 Å². The van der Waals surface area contributed by atoms with Crippen molar-refractivity contribution < 1.29 is 13.2 Å². The van der Waals surface area contributed by atoms with Gasteiger partial charge in [0.1, 0.15) is 35.5 Å². The molecule has 0 bridgehead atoms. The lowest BCUT2D eigenvalue weighted by Crippen LogP contribution is -2.04. The summed E-state index contributed by atoms with van der Waals surface area (Å²) in [6, 6.07) is 13.5. The molecule has 0 radical (unpaired) electrons. The summed E-state index contributed by atoms with van der Waals surface area (Å²) in [5, 5.41) is 60.8. The van der Waals surface area contributed by atoms with Crippen LogP contribution in [-0.4, -0.2) is 4.98 Å². The Kier molecular flexibility index (Phi) is 7.73. The second-order valence-corrected chi connectivity index (χ2v) is 9.61. The van der Waals surface area contributed by atoms with E-state index in [0.29, 0.717) is 12.1 Å². The maximum Gasteiger partial charge on any atom is 0.270 e. The Morgan fingerprint density at radius 1 is 0.633 bits per heavy atom. The SMILES string of the molecule is [C-]#[N+]C1=C(c2cc(F)c([N+]#[C-])cc2F)/C(=C(/C#N)[N+]#[C-])c2c(C#N)c3c(c(C#N)c21)/C(=C(/C#N)[N+]#[C-])C(c1ccc(C#N)nc1F)=C3C#N. The minimum Gasteiger partial charge on any atom is -0.237 e. The highest BCUT2D eigenvalue weighted by Gasteiger charge is 2.44. The average Bonchev–Trinajstić information content (AvgIpc) is 3.62. The molecular weight excluding hydrogens is 631 g/mol. The normalized spacial score (nSPS) is 14.1. The lowest BCUT2D eigenvalue weighted by molar-refractivity contribution is 0.579. The Hall–Kier alpha value is -8.76. The largest absolute Gasteiger partial charge is 0.270 e. The molecule has 2 aliphatic rings. The summed E-state index contributed by atoms with van der Waals surface area (Å²) < 4.78 is 46.0. The first-order valence-corrected chi connectivity index (χ1v) is 13.0. The first-order valence-electron chi connectivity index (χ1n) is 13.0. The van der Waals surface area contributed by atoms with Gasteiger partial charge in [-0.05, 0) is 46.5 Å². The molecule has 1 aromatic heterocycles. The van der Waals surface area contributed by atoms with Crippen molar-refractivity contribution in [2.45, 2.75) is 0 Å². The van der Waals surface area contributed by atoms with Gasteiger partial charge in [0.15, 0.2) is 0 Å². The molecule has 1 heterocycles. The van der Waals surface area contributed by atoms with Crippen LogP contribution in [0.5, 0.6) is 0 Å². The first-order chi connectivity index (χ1) is 23.7. The van der Waals surface area contributed by atoms with Crippen LogP contribution >= 0.6 is 0 Å². The van der Waals surface area contributed by atoms with Crippen LogP contribution in [0.2, 0.25) is 0 Å². The number of hydrogen-bond acceptors (Lipinski definition) is 7. The van der Waals surface area contributed by atoms with Crippen molar-refractivity contribution in [1.82, 2.24) is 4.98 Å². The fraction of sp³-hybridized carbons (Fsp3) is 0. The number of halogens is 3. The van der Waals surface area contributed by atoms with E-state index in [4.69, 9.17) is 26.3 Å². The number of benzene rings is 2. The molecule has 0 aliphatic heterocycles. The summed E-state index contributed by atoms with van der Waals surface area (Å²) in [5.74, 6) is -3.81. The van der Waals surface area contributed by atoms with Crippen LogP contribution in [-0.2, 0) is 0 Å². The Labute approximate surface area is 274 Å². The van der Waals surface area contributed by atoms with E-state index in [9.17, 15) is 36.0 Å². The number of aromatic nitrogens is 1. The summed E-state index contributed by atoms with van der Waals surface area (Å²) in [4.78, 5) is 16.2. The van der Waals surface area contributed by atoms with E-state index in [1.165, 1.54) is 0 Å². The van der Waals surface area contributed by atoms with Crippen LogP contribution in [0.3, 0.4) is 0 Å². The number of nitrogens with zero attached hydrogens (tertiary/aromatic N) is 11. The fourth-order valence-electron chi connectivity index (χ4n) is 5.70. The molecule has 11 nitrogen and oxygen atoms in total. The monoisotopic (exact) mass is 635 g/mol. The topological polar surface area (TPSA) is 173 Å². The molecule has 0 unspecified atom stereocenters. The predicted octanol–water partition coefficient (Wildman–Crippen LogP) is 7.22. The minimum absolute atomic E-state index is 0.369. The van der Waals surface area contributed by atoms with Gasteiger partial charge < -0.3 is 0 Å². The van der Waals surface area contributed by atoms with Crippen molar-refractivity contribution >= 4 is 39.2 Å². The molecule has 0 spiro atoms. The third-order valence-corrected chi connectivity index (χ3v) is 7.49. The van der Waals surface area contributed by atoms with Crippen LogP contribution in [0.25, 0.3) is 52.9 Å². The smallest absolute Gasteiger partial charge is 0.237 e. The maximum absolute atomic E-state index is 15.6. The maximum atomic E-state index is 15.6. The highest BCUT2D eigenvalue weighted by molar-refractivity contribution is 6.31. The summed E-state index contributed by atoms with van der Waals surface area (Å²) >= 11 is 0. The summed E-state index contributed by atoms with van der Waals surface area (Å²) in [5.41, 5.74) is -10.2. The second kappa shape index (κ2) is 12.0. The zero-order chi connectivity index (χ0) is 35.7. The predicted molar refractivity (Wildman–Crippen MR) is 162 cm³/mol. The van der Waals surface area contributed by atoms with Gasteiger partial charge in [0.2, 0.25) is 17.3 Å². The van der Waals surface area contributed by atoms with Gasteiger partial charge in [0, 0.05) is 33.4 Å². The van der Waals surface area contributed by atoms with E-state index in [0.717, 1.165) is 12.1 Å². The molecule has 220 valence electrons. The van der Waals surface area contributed by atoms with Crippen LogP contribution in [0.1, 0.15) is 50.2 Å². The van der Waals surface area contributed by atoms with E-state index in [1.807, 2.05) is 12.1 Å². The van der Waals surface area contributed by atoms with Gasteiger partial charge in [0.05, 0.1) is 61.2 Å². The summed E-state index contributed by atoms with van der Waals surface area (Å²) in [6.07, 6.45) is 0. The molecule has 0 amide bonds. The van der Waals surface area contributed by atoms with Crippen LogP contribution in [0.15, 0.2) is 35.7 Å². The Bertz CT molecular complexity index is 2710. The molecule has 2 aliphatic carbocycles. The number of rotatable bonds is 2. The Morgan fingerprint density at radius 2 is 1.22 bits per heavy atom. The van der Waals surface area contributed by atoms with Crippen LogP contribution < -0.4 is 0 Å². The molecule has 49 heavy (non-hydrogen) atoms. The van der Waals surface area contributed by atoms with E-state index < -0.39 is 113 Å². The van der Waals surface area contributed by atoms with Gasteiger partial charge in [-0.3, -0.25) is 0 Å². The van der Waals surface area contributed by atoms with Crippen molar-refractivity contribution in [2.24, 2.45) is 0 Å². The van der Waals surface area contributed by atoms with E-state index in [-0.39, 0.29) is 5.69 Å². The van der Waals surface area contributed by atoms with Crippen LogP contribution in [0, 0.1) is 112 Å². The number of nitriles is 6. The van der Waals surface area contributed by atoms with Gasteiger partial charge in [-0.1, -0.05) is 0 Å². The molecule has 0 fully saturated rings. The highest BCUT2D eigenvalue weighted by atomic mass is 19.1. The third-order valence-electron chi connectivity index (χ3n) is 7.49. The Morgan fingerprint density at radius 3 is 1.71 bits per heavy atom. The minimum atomic E-state index is -1.32. The molecule has 0 saturated carbocycles. The summed E-state index contributed by atoms with van der Waals surface area (Å²) in [7, 11) is 0. The van der Waals surface area contributed by atoms with Gasteiger partial charge in [-0.2, -0.15) is 25.4 Å². The molecular formula is C35H4F3N11. The van der Waals surface area contributed by atoms with Crippen molar-refractivity contribution in [1.29, 1.82) is 31.6 Å². The van der Waals surface area contributed by atoms with E-state index >= 15 is 8.78 Å². The van der Waals surface area contributed by atoms with Gasteiger partial charge in [0.25, 0.3) is 11.4 Å².